The first-order valence-electron chi connectivity index (χ1n) is 2.07. The zero-order valence-corrected chi connectivity index (χ0v) is 4.77. The predicted molar refractivity (Wildman–Crippen MR) is 33.4 cm³/mol. The Hall–Kier alpha value is -0.680. The Labute approximate surface area is 51.6 Å². The zero-order chi connectivity index (χ0) is 5.98. The lowest BCUT2D eigenvalue weighted by molar-refractivity contribution is 0.228. The Morgan fingerprint density at radius 1 is 1.88 bits per heavy atom. The number of aliphatic hydroxyl groups is 1. The molecule has 0 amide bonds. The van der Waals surface area contributed by atoms with Crippen LogP contribution in [0.3, 0.4) is 0 Å². The summed E-state index contributed by atoms with van der Waals surface area (Å²) in [6, 6.07) is 0. The summed E-state index contributed by atoms with van der Waals surface area (Å²) in [5.41, 5.74) is 2.44. The Kier molecular flexibility index (Phi) is 1.40. The average molecular weight is 131 g/mol. The summed E-state index contributed by atoms with van der Waals surface area (Å²) in [5.74, 6) is 0. The molecule has 0 aromatic carbocycles. The zero-order valence-electron chi connectivity index (χ0n) is 3.96. The van der Waals surface area contributed by atoms with Crippen molar-refractivity contribution in [1.29, 1.82) is 0 Å². The van der Waals surface area contributed by atoms with E-state index in [1.54, 1.807) is 0 Å². The third kappa shape index (κ3) is 1.14. The minimum atomic E-state index is -0.733. The van der Waals surface area contributed by atoms with Crippen LogP contribution in [0, 0.1) is 0 Å². The van der Waals surface area contributed by atoms with Crippen LogP contribution in [-0.2, 0) is 0 Å². The summed E-state index contributed by atoms with van der Waals surface area (Å²) in [4.78, 5) is 0. The Bertz CT molecular complexity index is 134. The Morgan fingerprint density at radius 3 is 3.00 bits per heavy atom. The van der Waals surface area contributed by atoms with Crippen LogP contribution < -0.4 is 10.7 Å². The SMILES string of the molecule is OC1C=NNC(=S)N1. The van der Waals surface area contributed by atoms with Crippen molar-refractivity contribution in [2.24, 2.45) is 5.10 Å². The van der Waals surface area contributed by atoms with Gasteiger partial charge in [0.15, 0.2) is 11.3 Å². The van der Waals surface area contributed by atoms with E-state index < -0.39 is 6.23 Å². The lowest BCUT2D eigenvalue weighted by atomic mass is 10.6. The average Bonchev–Trinajstić information content (AvgIpc) is 1.64. The van der Waals surface area contributed by atoms with Crippen LogP contribution in [0.4, 0.5) is 0 Å². The van der Waals surface area contributed by atoms with E-state index in [0.29, 0.717) is 5.11 Å². The van der Waals surface area contributed by atoms with Crippen molar-refractivity contribution < 1.29 is 5.11 Å². The van der Waals surface area contributed by atoms with Crippen LogP contribution in [-0.4, -0.2) is 22.7 Å². The second kappa shape index (κ2) is 2.06. The molecule has 1 aliphatic heterocycles. The highest BCUT2D eigenvalue weighted by Gasteiger charge is 2.04. The molecule has 1 rings (SSSR count). The number of rotatable bonds is 0. The minimum Gasteiger partial charge on any atom is -0.368 e. The van der Waals surface area contributed by atoms with Gasteiger partial charge in [0.05, 0.1) is 6.21 Å². The lowest BCUT2D eigenvalue weighted by Gasteiger charge is -2.13. The van der Waals surface area contributed by atoms with Gasteiger partial charge in [-0.25, -0.2) is 0 Å². The van der Waals surface area contributed by atoms with Crippen LogP contribution in [0.5, 0.6) is 0 Å². The van der Waals surface area contributed by atoms with E-state index in [4.69, 9.17) is 5.11 Å². The summed E-state index contributed by atoms with van der Waals surface area (Å²) in [6.07, 6.45) is 0.583. The molecule has 3 N–H and O–H groups in total. The molecule has 8 heavy (non-hydrogen) atoms. The normalized spacial score (nSPS) is 26.6. The molecular formula is C3H5N3OS. The number of aliphatic hydroxyl groups excluding tert-OH is 1. The van der Waals surface area contributed by atoms with Crippen molar-refractivity contribution in [2.45, 2.75) is 6.23 Å². The molecule has 0 aromatic heterocycles. The van der Waals surface area contributed by atoms with E-state index >= 15 is 0 Å². The highest BCUT2D eigenvalue weighted by Crippen LogP contribution is 1.78. The van der Waals surface area contributed by atoms with Crippen molar-refractivity contribution >= 4 is 23.5 Å². The smallest absolute Gasteiger partial charge is 0.189 e. The fraction of sp³-hybridized carbons (Fsp3) is 0.333. The number of thiocarbonyl (C=S) groups is 1. The van der Waals surface area contributed by atoms with Crippen molar-refractivity contribution in [3.8, 4) is 0 Å². The van der Waals surface area contributed by atoms with Gasteiger partial charge in [-0.05, 0) is 12.2 Å². The lowest BCUT2D eigenvalue weighted by Crippen LogP contribution is -2.45. The molecule has 1 atom stereocenters. The molecule has 1 unspecified atom stereocenters. The molecule has 4 nitrogen and oxygen atoms in total. The van der Waals surface area contributed by atoms with Gasteiger partial charge in [0.2, 0.25) is 0 Å². The fourth-order valence-corrected chi connectivity index (χ4v) is 0.544. The fourth-order valence-electron chi connectivity index (χ4n) is 0.370. The van der Waals surface area contributed by atoms with Crippen LogP contribution in [0.2, 0.25) is 0 Å². The number of hydrazone groups is 1. The molecule has 44 valence electrons. The van der Waals surface area contributed by atoms with Gasteiger partial charge in [-0.3, -0.25) is 5.43 Å². The second-order valence-electron chi connectivity index (χ2n) is 1.31. The molecule has 5 heteroatoms. The van der Waals surface area contributed by atoms with Crippen molar-refractivity contribution in [1.82, 2.24) is 10.7 Å². The number of nitrogens with one attached hydrogen (secondary N) is 2. The molecule has 1 heterocycles. The van der Waals surface area contributed by atoms with Gasteiger partial charge in [-0.1, -0.05) is 0 Å². The monoisotopic (exact) mass is 131 g/mol. The molecule has 1 aliphatic rings. The molecule has 0 radical (unpaired) electrons. The molecule has 0 bridgehead atoms. The summed E-state index contributed by atoms with van der Waals surface area (Å²) in [6.45, 7) is 0. The van der Waals surface area contributed by atoms with Crippen LogP contribution in [0.15, 0.2) is 5.10 Å². The topological polar surface area (TPSA) is 56.7 Å². The molecule has 0 fully saturated rings. The van der Waals surface area contributed by atoms with Gasteiger partial charge in [-0.15, -0.1) is 0 Å². The number of hydrogen-bond acceptors (Lipinski definition) is 3. The summed E-state index contributed by atoms with van der Waals surface area (Å²) in [5, 5.41) is 15.1. The van der Waals surface area contributed by atoms with Gasteiger partial charge in [-0.2, -0.15) is 5.10 Å². The molecular weight excluding hydrogens is 126 g/mol. The van der Waals surface area contributed by atoms with Crippen LogP contribution in [0.1, 0.15) is 0 Å². The predicted octanol–water partition coefficient (Wildman–Crippen LogP) is -1.23. The van der Waals surface area contributed by atoms with E-state index in [0.717, 1.165) is 0 Å². The van der Waals surface area contributed by atoms with E-state index in [2.05, 4.69) is 28.1 Å². The number of nitrogens with zero attached hydrogens (tertiary/aromatic N) is 1. The molecule has 0 saturated heterocycles. The molecule has 0 aromatic rings. The largest absolute Gasteiger partial charge is 0.368 e. The number of hydrogen-bond donors (Lipinski definition) is 3. The minimum absolute atomic E-state index is 0.347. The highest BCUT2D eigenvalue weighted by atomic mass is 32.1. The molecule has 0 aliphatic carbocycles. The van der Waals surface area contributed by atoms with Crippen molar-refractivity contribution in [2.75, 3.05) is 0 Å². The van der Waals surface area contributed by atoms with E-state index in [1.807, 2.05) is 0 Å². The summed E-state index contributed by atoms with van der Waals surface area (Å²) < 4.78 is 0. The molecule has 0 spiro atoms. The Balaban J connectivity index is 2.54. The summed E-state index contributed by atoms with van der Waals surface area (Å²) >= 11 is 4.59. The second-order valence-corrected chi connectivity index (χ2v) is 1.72. The maximum Gasteiger partial charge on any atom is 0.189 e. The first-order chi connectivity index (χ1) is 3.79. The highest BCUT2D eigenvalue weighted by molar-refractivity contribution is 7.80. The van der Waals surface area contributed by atoms with E-state index in [1.165, 1.54) is 6.21 Å². The first-order valence-corrected chi connectivity index (χ1v) is 2.47. The maximum absolute atomic E-state index is 8.69. The van der Waals surface area contributed by atoms with Gasteiger partial charge >= 0.3 is 0 Å². The van der Waals surface area contributed by atoms with E-state index in [9.17, 15) is 0 Å². The molecule has 0 saturated carbocycles. The van der Waals surface area contributed by atoms with Crippen LogP contribution >= 0.6 is 12.2 Å². The summed E-state index contributed by atoms with van der Waals surface area (Å²) in [7, 11) is 0. The van der Waals surface area contributed by atoms with E-state index in [-0.39, 0.29) is 0 Å². The third-order valence-electron chi connectivity index (χ3n) is 0.661. The van der Waals surface area contributed by atoms with Gasteiger partial charge in [0, 0.05) is 0 Å². The van der Waals surface area contributed by atoms with Gasteiger partial charge in [0.1, 0.15) is 0 Å². The Morgan fingerprint density at radius 2 is 2.62 bits per heavy atom. The maximum atomic E-state index is 8.69. The standard InChI is InChI=1S/C3H5N3OS/c7-2-1-4-6-3(8)5-2/h1-2,7H,(H2,5,6,8). The quantitative estimate of drug-likeness (QED) is 0.360. The third-order valence-corrected chi connectivity index (χ3v) is 0.870. The van der Waals surface area contributed by atoms with Crippen LogP contribution in [0.25, 0.3) is 0 Å². The van der Waals surface area contributed by atoms with Crippen molar-refractivity contribution in [3.05, 3.63) is 0 Å². The first kappa shape index (κ1) is 5.46. The van der Waals surface area contributed by atoms with Gasteiger partial charge in [0.25, 0.3) is 0 Å². The van der Waals surface area contributed by atoms with Crippen molar-refractivity contribution in [3.63, 3.8) is 0 Å². The van der Waals surface area contributed by atoms with Gasteiger partial charge < -0.3 is 10.4 Å².